The predicted molar refractivity (Wildman–Crippen MR) is 183 cm³/mol. The van der Waals surface area contributed by atoms with Gasteiger partial charge in [-0.25, -0.2) is 0 Å². The zero-order valence-electron chi connectivity index (χ0n) is 25.2. The second-order valence-corrected chi connectivity index (χ2v) is 10.2. The Labute approximate surface area is 265 Å². The zero-order chi connectivity index (χ0) is 32.3. The van der Waals surface area contributed by atoms with Crippen LogP contribution in [0.5, 0.6) is 0 Å². The first kappa shape index (κ1) is 31.3. The summed E-state index contributed by atoms with van der Waals surface area (Å²) in [5.74, 6) is -0.676. The SMILES string of the molecule is CCOC(=O)CC(=O)c1ccccc1.Nc1cccc2cccnc12.O=c1cc(-c2ccccc2)[nH]c2c1ccc1cccnc12. The molecule has 0 fully saturated rings. The van der Waals surface area contributed by atoms with Gasteiger partial charge in [-0.3, -0.25) is 24.4 Å². The number of ether oxygens (including phenoxy) is 1. The second kappa shape index (κ2) is 15.0. The number of hydrogen-bond donors (Lipinski definition) is 2. The number of carbonyl (C=O) groups excluding carboxylic acids is 2. The van der Waals surface area contributed by atoms with Gasteiger partial charge in [-0.2, -0.15) is 0 Å². The van der Waals surface area contributed by atoms with Crippen molar-refractivity contribution in [1.29, 1.82) is 0 Å². The van der Waals surface area contributed by atoms with Crippen molar-refractivity contribution in [2.75, 3.05) is 12.3 Å². The van der Waals surface area contributed by atoms with Gasteiger partial charge < -0.3 is 15.5 Å². The maximum Gasteiger partial charge on any atom is 0.313 e. The molecule has 3 aromatic heterocycles. The molecule has 3 heterocycles. The molecule has 0 aliphatic carbocycles. The number of anilines is 1. The third-order valence-corrected chi connectivity index (χ3v) is 7.03. The highest BCUT2D eigenvalue weighted by atomic mass is 16.5. The number of nitrogens with one attached hydrogen (secondary N) is 1. The first-order valence-corrected chi connectivity index (χ1v) is 14.7. The molecule has 8 heteroatoms. The number of aromatic amines is 1. The highest BCUT2D eigenvalue weighted by molar-refractivity contribution is 6.06. The van der Waals surface area contributed by atoms with Crippen LogP contribution in [0, 0.1) is 0 Å². The van der Waals surface area contributed by atoms with Gasteiger partial charge in [0.2, 0.25) is 0 Å². The number of Topliss-reactive ketones (excluding diaryl/α,β-unsaturated/α-hetero) is 1. The quantitative estimate of drug-likeness (QED) is 0.0686. The summed E-state index contributed by atoms with van der Waals surface area (Å²) in [6.07, 6.45) is 3.31. The smallest absolute Gasteiger partial charge is 0.313 e. The van der Waals surface area contributed by atoms with E-state index in [1.54, 1.807) is 49.6 Å². The lowest BCUT2D eigenvalue weighted by Gasteiger charge is -2.06. The number of para-hydroxylation sites is 1. The fourth-order valence-corrected chi connectivity index (χ4v) is 4.83. The fourth-order valence-electron chi connectivity index (χ4n) is 4.83. The molecule has 0 unspecified atom stereocenters. The number of fused-ring (bicyclic) bond motifs is 4. The number of carbonyl (C=O) groups is 2. The van der Waals surface area contributed by atoms with Crippen molar-refractivity contribution in [3.8, 4) is 11.3 Å². The predicted octanol–water partition coefficient (Wildman–Crippen LogP) is 7.38. The molecule has 0 spiro atoms. The summed E-state index contributed by atoms with van der Waals surface area (Å²) in [5.41, 5.74) is 11.3. The van der Waals surface area contributed by atoms with E-state index in [1.165, 1.54) is 0 Å². The molecular formula is C38H32N4O4. The standard InChI is InChI=1S/C18H12N2O.C11H12O3.C9H8N2/c21-16-11-15(12-5-2-1-3-6-12)20-18-14(16)9-8-13-7-4-10-19-17(13)18;1-2-14-11(13)8-10(12)9-6-4-3-5-7-9;10-8-5-1-3-7-4-2-6-11-9(7)8/h1-11H,(H,20,21);3-7H,2,8H2,1H3;1-6H,10H2. The Morgan fingerprint density at radius 1 is 0.739 bits per heavy atom. The lowest BCUT2D eigenvalue weighted by Crippen LogP contribution is -2.11. The van der Waals surface area contributed by atoms with Crippen LogP contribution in [0.1, 0.15) is 23.7 Å². The first-order chi connectivity index (χ1) is 22.4. The van der Waals surface area contributed by atoms with Crippen LogP contribution in [-0.4, -0.2) is 33.3 Å². The number of nitrogen functional groups attached to an aromatic ring is 1. The van der Waals surface area contributed by atoms with E-state index >= 15 is 0 Å². The summed E-state index contributed by atoms with van der Waals surface area (Å²) in [5, 5.41) is 2.78. The molecule has 0 aliphatic heterocycles. The van der Waals surface area contributed by atoms with Crippen molar-refractivity contribution in [2.45, 2.75) is 13.3 Å². The van der Waals surface area contributed by atoms with E-state index in [0.717, 1.165) is 44.3 Å². The van der Waals surface area contributed by atoms with Gasteiger partial charge in [-0.05, 0) is 36.8 Å². The number of hydrogen-bond acceptors (Lipinski definition) is 7. The number of esters is 1. The van der Waals surface area contributed by atoms with Crippen molar-refractivity contribution in [3.05, 3.63) is 150 Å². The van der Waals surface area contributed by atoms with Crippen molar-refractivity contribution in [1.82, 2.24) is 15.0 Å². The highest BCUT2D eigenvalue weighted by Gasteiger charge is 2.11. The van der Waals surface area contributed by atoms with Crippen LogP contribution in [0.15, 0.2) is 139 Å². The van der Waals surface area contributed by atoms with Crippen LogP contribution in [0.4, 0.5) is 5.69 Å². The number of nitrogens with zero attached hydrogens (tertiary/aromatic N) is 2. The summed E-state index contributed by atoms with van der Waals surface area (Å²) >= 11 is 0. The van der Waals surface area contributed by atoms with E-state index < -0.39 is 5.97 Å². The average Bonchev–Trinajstić information content (AvgIpc) is 3.10. The lowest BCUT2D eigenvalue weighted by atomic mass is 10.1. The van der Waals surface area contributed by atoms with Crippen molar-refractivity contribution < 1.29 is 14.3 Å². The van der Waals surface area contributed by atoms with Gasteiger partial charge in [0.05, 0.1) is 28.8 Å². The summed E-state index contributed by atoms with van der Waals surface area (Å²) in [7, 11) is 0. The molecule has 7 aromatic rings. The van der Waals surface area contributed by atoms with Gasteiger partial charge in [-0.1, -0.05) is 91.0 Å². The van der Waals surface area contributed by atoms with Crippen molar-refractivity contribution >= 4 is 50.1 Å². The Kier molecular flexibility index (Phi) is 10.2. The number of benzene rings is 4. The molecule has 0 bridgehead atoms. The third-order valence-electron chi connectivity index (χ3n) is 7.03. The Hall–Kier alpha value is -6.15. The van der Waals surface area contributed by atoms with Crippen molar-refractivity contribution in [3.63, 3.8) is 0 Å². The maximum atomic E-state index is 12.4. The van der Waals surface area contributed by atoms with E-state index in [2.05, 4.69) is 19.7 Å². The van der Waals surface area contributed by atoms with E-state index in [9.17, 15) is 14.4 Å². The summed E-state index contributed by atoms with van der Waals surface area (Å²) in [6, 6.07) is 37.6. The van der Waals surface area contributed by atoms with Gasteiger partial charge >= 0.3 is 5.97 Å². The molecule has 0 amide bonds. The van der Waals surface area contributed by atoms with E-state index in [4.69, 9.17) is 5.73 Å². The Morgan fingerprint density at radius 2 is 1.37 bits per heavy atom. The van der Waals surface area contributed by atoms with Crippen LogP contribution in [0.2, 0.25) is 0 Å². The minimum Gasteiger partial charge on any atom is -0.466 e. The third kappa shape index (κ3) is 7.67. The second-order valence-electron chi connectivity index (χ2n) is 10.2. The van der Waals surface area contributed by atoms with E-state index in [0.29, 0.717) is 17.6 Å². The van der Waals surface area contributed by atoms with Gasteiger partial charge in [0, 0.05) is 45.9 Å². The first-order valence-electron chi connectivity index (χ1n) is 14.7. The van der Waals surface area contributed by atoms with Crippen molar-refractivity contribution in [2.24, 2.45) is 0 Å². The van der Waals surface area contributed by atoms with Gasteiger partial charge in [-0.15, -0.1) is 0 Å². The fraction of sp³-hybridized carbons (Fsp3) is 0.0789. The largest absolute Gasteiger partial charge is 0.466 e. The molecule has 0 aliphatic rings. The number of aromatic nitrogens is 3. The van der Waals surface area contributed by atoms with E-state index in [-0.39, 0.29) is 17.6 Å². The molecule has 4 aromatic carbocycles. The Morgan fingerprint density at radius 3 is 2.04 bits per heavy atom. The molecule has 7 rings (SSSR count). The summed E-state index contributed by atoms with van der Waals surface area (Å²) in [6.45, 7) is 2.02. The Bertz CT molecular complexity index is 2160. The van der Waals surface area contributed by atoms with Gasteiger partial charge in [0.25, 0.3) is 0 Å². The van der Waals surface area contributed by atoms with Crippen LogP contribution in [0.25, 0.3) is 44.0 Å². The molecule has 0 saturated heterocycles. The number of rotatable bonds is 5. The molecule has 0 saturated carbocycles. The normalized spacial score (nSPS) is 10.4. The molecule has 0 atom stereocenters. The number of H-pyrrole nitrogens is 1. The average molecular weight is 609 g/mol. The molecule has 228 valence electrons. The molecular weight excluding hydrogens is 576 g/mol. The zero-order valence-corrected chi connectivity index (χ0v) is 25.2. The molecule has 46 heavy (non-hydrogen) atoms. The number of ketones is 1. The van der Waals surface area contributed by atoms with Crippen LogP contribution in [0.3, 0.4) is 0 Å². The van der Waals surface area contributed by atoms with Gasteiger partial charge in [0.1, 0.15) is 6.42 Å². The lowest BCUT2D eigenvalue weighted by molar-refractivity contribution is -0.141. The molecule has 0 radical (unpaired) electrons. The number of nitrogens with two attached hydrogens (primary N) is 1. The van der Waals surface area contributed by atoms with E-state index in [1.807, 2.05) is 91.0 Å². The summed E-state index contributed by atoms with van der Waals surface area (Å²) in [4.78, 5) is 46.7. The minimum atomic E-state index is -0.471. The van der Waals surface area contributed by atoms with Crippen LogP contribution in [-0.2, 0) is 9.53 Å². The minimum absolute atomic E-state index is 0.00940. The van der Waals surface area contributed by atoms with Gasteiger partial charge in [0.15, 0.2) is 11.2 Å². The van der Waals surface area contributed by atoms with Crippen LogP contribution >= 0.6 is 0 Å². The summed E-state index contributed by atoms with van der Waals surface area (Å²) < 4.78 is 4.67. The van der Waals surface area contributed by atoms with Crippen LogP contribution < -0.4 is 11.2 Å². The highest BCUT2D eigenvalue weighted by Crippen LogP contribution is 2.23. The molecule has 3 N–H and O–H groups in total. The monoisotopic (exact) mass is 608 g/mol. The topological polar surface area (TPSA) is 128 Å². The number of pyridine rings is 3. The maximum absolute atomic E-state index is 12.4. The Balaban J connectivity index is 0.000000145. The molecule has 8 nitrogen and oxygen atoms in total.